The third-order valence-electron chi connectivity index (χ3n) is 8.69. The Bertz CT molecular complexity index is 2500. The summed E-state index contributed by atoms with van der Waals surface area (Å²) in [5.74, 6) is 0. The van der Waals surface area contributed by atoms with Crippen molar-refractivity contribution in [3.8, 4) is 0 Å². The van der Waals surface area contributed by atoms with E-state index in [1.54, 1.807) is 0 Å². The van der Waals surface area contributed by atoms with Crippen molar-refractivity contribution in [3.05, 3.63) is 169 Å². The largest absolute Gasteiger partial charge is 0.456 e. The van der Waals surface area contributed by atoms with E-state index in [1.807, 2.05) is 42.5 Å². The highest BCUT2D eigenvalue weighted by molar-refractivity contribution is 6.36. The Kier molecular flexibility index (Phi) is 6.47. The number of hydrogen-bond donors (Lipinski definition) is 0. The van der Waals surface area contributed by atoms with Crippen LogP contribution < -0.4 is 9.80 Å². The Morgan fingerprint density at radius 2 is 0.957 bits per heavy atom. The van der Waals surface area contributed by atoms with Crippen molar-refractivity contribution in [2.24, 2.45) is 0 Å². The number of hydrogen-bond acceptors (Lipinski definition) is 4. The molecule has 0 aliphatic carbocycles. The Balaban J connectivity index is 1.22. The van der Waals surface area contributed by atoms with Crippen molar-refractivity contribution in [2.45, 2.75) is 0 Å². The number of furan rings is 2. The lowest BCUT2D eigenvalue weighted by Gasteiger charge is -2.26. The van der Waals surface area contributed by atoms with Gasteiger partial charge < -0.3 is 18.6 Å². The number of para-hydroxylation sites is 4. The lowest BCUT2D eigenvalue weighted by atomic mass is 10.1. The van der Waals surface area contributed by atoms with Crippen molar-refractivity contribution in [1.82, 2.24) is 0 Å². The van der Waals surface area contributed by atoms with Gasteiger partial charge in [0.25, 0.3) is 0 Å². The van der Waals surface area contributed by atoms with Gasteiger partial charge in [-0.25, -0.2) is 0 Å². The summed E-state index contributed by atoms with van der Waals surface area (Å²) < 4.78 is 12.8. The second-order valence-corrected chi connectivity index (χ2v) is 11.9. The first-order valence-corrected chi connectivity index (χ1v) is 15.9. The van der Waals surface area contributed by atoms with Gasteiger partial charge in [0.1, 0.15) is 16.7 Å². The monoisotopic (exact) mass is 626 g/mol. The Morgan fingerprint density at radius 1 is 0.383 bits per heavy atom. The molecule has 5 heteroatoms. The van der Waals surface area contributed by atoms with Gasteiger partial charge >= 0.3 is 0 Å². The van der Waals surface area contributed by atoms with Crippen molar-refractivity contribution < 1.29 is 8.83 Å². The van der Waals surface area contributed by atoms with E-state index in [0.717, 1.165) is 72.4 Å². The van der Waals surface area contributed by atoms with Gasteiger partial charge in [0.05, 0.1) is 16.1 Å². The van der Waals surface area contributed by atoms with Gasteiger partial charge in [-0.15, -0.1) is 0 Å². The molecule has 2 heterocycles. The van der Waals surface area contributed by atoms with Gasteiger partial charge in [-0.1, -0.05) is 84.4 Å². The molecule has 0 saturated carbocycles. The molecule has 9 aromatic rings. The fourth-order valence-corrected chi connectivity index (χ4v) is 6.80. The number of benzene rings is 7. The number of rotatable bonds is 6. The van der Waals surface area contributed by atoms with E-state index in [1.165, 1.54) is 0 Å². The van der Waals surface area contributed by atoms with Crippen LogP contribution >= 0.6 is 11.6 Å². The lowest BCUT2D eigenvalue weighted by Crippen LogP contribution is -2.10. The van der Waals surface area contributed by atoms with E-state index in [2.05, 4.69) is 131 Å². The third-order valence-corrected chi connectivity index (χ3v) is 8.99. The van der Waals surface area contributed by atoms with Gasteiger partial charge in [-0.05, 0) is 84.9 Å². The molecule has 0 fully saturated rings. The minimum Gasteiger partial charge on any atom is -0.456 e. The summed E-state index contributed by atoms with van der Waals surface area (Å²) in [5.41, 5.74) is 9.31. The van der Waals surface area contributed by atoms with E-state index in [9.17, 15) is 0 Å². The third kappa shape index (κ3) is 4.61. The molecule has 4 nitrogen and oxygen atoms in total. The summed E-state index contributed by atoms with van der Waals surface area (Å²) in [6, 6.07) is 56.1. The molecule has 0 amide bonds. The van der Waals surface area contributed by atoms with Crippen LogP contribution in [-0.2, 0) is 0 Å². The first-order valence-electron chi connectivity index (χ1n) is 15.5. The molecule has 7 aromatic carbocycles. The zero-order valence-electron chi connectivity index (χ0n) is 25.2. The molecule has 0 aliphatic heterocycles. The molecule has 2 aromatic heterocycles. The topological polar surface area (TPSA) is 32.8 Å². The van der Waals surface area contributed by atoms with E-state index in [4.69, 9.17) is 20.4 Å². The molecule has 0 spiro atoms. The smallest absolute Gasteiger partial charge is 0.156 e. The van der Waals surface area contributed by atoms with Gasteiger partial charge in [0, 0.05) is 50.7 Å². The maximum absolute atomic E-state index is 6.70. The first-order chi connectivity index (χ1) is 23.2. The lowest BCUT2D eigenvalue weighted by molar-refractivity contribution is 0.669. The summed E-state index contributed by atoms with van der Waals surface area (Å²) in [7, 11) is 0. The minimum absolute atomic E-state index is 0.580. The van der Waals surface area contributed by atoms with Crippen LogP contribution in [0.3, 0.4) is 0 Å². The normalized spacial score (nSPS) is 11.5. The predicted octanol–water partition coefficient (Wildman–Crippen LogP) is 13.1. The van der Waals surface area contributed by atoms with Gasteiger partial charge in [0.2, 0.25) is 0 Å². The van der Waals surface area contributed by atoms with Crippen LogP contribution in [-0.4, -0.2) is 0 Å². The molecule has 0 N–H and O–H groups in total. The molecule has 0 bridgehead atoms. The van der Waals surface area contributed by atoms with Gasteiger partial charge in [-0.3, -0.25) is 0 Å². The Labute approximate surface area is 276 Å². The van der Waals surface area contributed by atoms with Crippen molar-refractivity contribution in [3.63, 3.8) is 0 Å². The highest BCUT2D eigenvalue weighted by atomic mass is 35.5. The number of anilines is 6. The first kappa shape index (κ1) is 27.3. The SMILES string of the molecule is Clc1ccc(N(c2ccccc2)c2ccc3c(c2)oc2ccc(N(c4ccccc4)c4ccccc4)cc23)c2c1oc1ccccc12. The van der Waals surface area contributed by atoms with Crippen molar-refractivity contribution in [2.75, 3.05) is 9.80 Å². The summed E-state index contributed by atoms with van der Waals surface area (Å²) in [6.07, 6.45) is 0. The van der Waals surface area contributed by atoms with Crippen molar-refractivity contribution in [1.29, 1.82) is 0 Å². The molecular weight excluding hydrogens is 600 g/mol. The number of halogens is 1. The molecular formula is C42H27ClN2O2. The minimum atomic E-state index is 0.580. The molecule has 0 unspecified atom stereocenters. The average molecular weight is 627 g/mol. The molecule has 47 heavy (non-hydrogen) atoms. The second-order valence-electron chi connectivity index (χ2n) is 11.5. The van der Waals surface area contributed by atoms with Crippen LogP contribution in [0.1, 0.15) is 0 Å². The summed E-state index contributed by atoms with van der Waals surface area (Å²) in [5, 5.41) is 4.67. The molecule has 0 aliphatic rings. The van der Waals surface area contributed by atoms with E-state index >= 15 is 0 Å². The quantitative estimate of drug-likeness (QED) is 0.184. The molecule has 0 atom stereocenters. The summed E-state index contributed by atoms with van der Waals surface area (Å²) in [4.78, 5) is 4.51. The van der Waals surface area contributed by atoms with E-state index in [-0.39, 0.29) is 0 Å². The van der Waals surface area contributed by atoms with Crippen LogP contribution in [0.15, 0.2) is 173 Å². The molecule has 0 radical (unpaired) electrons. The highest BCUT2D eigenvalue weighted by Crippen LogP contribution is 2.46. The number of fused-ring (bicyclic) bond motifs is 6. The highest BCUT2D eigenvalue weighted by Gasteiger charge is 2.22. The van der Waals surface area contributed by atoms with Gasteiger partial charge in [-0.2, -0.15) is 0 Å². The summed E-state index contributed by atoms with van der Waals surface area (Å²) in [6.45, 7) is 0. The van der Waals surface area contributed by atoms with E-state index in [0.29, 0.717) is 10.6 Å². The number of nitrogens with zero attached hydrogens (tertiary/aromatic N) is 2. The Hall–Kier alpha value is -5.97. The van der Waals surface area contributed by atoms with Gasteiger partial charge in [0.15, 0.2) is 5.58 Å². The second kappa shape index (κ2) is 11.1. The predicted molar refractivity (Wildman–Crippen MR) is 195 cm³/mol. The zero-order chi connectivity index (χ0) is 31.3. The Morgan fingerprint density at radius 3 is 1.66 bits per heavy atom. The molecule has 0 saturated heterocycles. The summed E-state index contributed by atoms with van der Waals surface area (Å²) >= 11 is 6.70. The molecule has 9 rings (SSSR count). The fourth-order valence-electron chi connectivity index (χ4n) is 6.60. The van der Waals surface area contributed by atoms with Crippen LogP contribution in [0.25, 0.3) is 43.9 Å². The van der Waals surface area contributed by atoms with E-state index < -0.39 is 0 Å². The maximum atomic E-state index is 6.70. The maximum Gasteiger partial charge on any atom is 0.156 e. The van der Waals surface area contributed by atoms with Crippen LogP contribution in [0, 0.1) is 0 Å². The van der Waals surface area contributed by atoms with Crippen LogP contribution in [0.4, 0.5) is 34.1 Å². The van der Waals surface area contributed by atoms with Crippen molar-refractivity contribution >= 4 is 89.6 Å². The standard InChI is InChI=1S/C42H27ClN2O2/c43-36-23-24-37(41-34-18-10-11-19-38(34)47-42(36)41)45(30-16-8-3-9-17-30)32-20-22-33-35-26-31(21-25-39(35)46-40(33)27-32)44(28-12-4-1-5-13-28)29-14-6-2-7-15-29/h1-27H. The zero-order valence-corrected chi connectivity index (χ0v) is 25.9. The fraction of sp³-hybridized carbons (Fsp3) is 0. The van der Waals surface area contributed by atoms with Crippen LogP contribution in [0.5, 0.6) is 0 Å². The average Bonchev–Trinajstić information content (AvgIpc) is 3.70. The van der Waals surface area contributed by atoms with Crippen LogP contribution in [0.2, 0.25) is 5.02 Å². The molecule has 224 valence electrons.